The van der Waals surface area contributed by atoms with Gasteiger partial charge in [0.05, 0.1) is 11.4 Å². The van der Waals surface area contributed by atoms with E-state index in [4.69, 9.17) is 11.6 Å². The highest BCUT2D eigenvalue weighted by Crippen LogP contribution is 2.37. The van der Waals surface area contributed by atoms with Crippen LogP contribution in [-0.2, 0) is 0 Å². The van der Waals surface area contributed by atoms with Crippen molar-refractivity contribution in [2.75, 3.05) is 29.9 Å². The number of hydrogen-bond donors (Lipinski definition) is 0. The molecule has 0 N–H and O–H groups in total. The van der Waals surface area contributed by atoms with Crippen LogP contribution < -0.4 is 9.80 Å². The van der Waals surface area contributed by atoms with Gasteiger partial charge in [0.25, 0.3) is 0 Å². The summed E-state index contributed by atoms with van der Waals surface area (Å²) in [4.78, 5) is 12.9. The summed E-state index contributed by atoms with van der Waals surface area (Å²) in [5.41, 5.74) is 3.40. The van der Waals surface area contributed by atoms with E-state index >= 15 is 0 Å². The van der Waals surface area contributed by atoms with Crippen molar-refractivity contribution in [2.24, 2.45) is 0 Å². The molecule has 0 unspecified atom stereocenters. The molecule has 4 nitrogen and oxygen atoms in total. The second-order valence-corrected chi connectivity index (χ2v) is 5.05. The summed E-state index contributed by atoms with van der Waals surface area (Å²) in [5.74, 6) is 0.889. The fourth-order valence-electron chi connectivity index (χ4n) is 2.41. The maximum atomic E-state index is 5.93. The van der Waals surface area contributed by atoms with Crippen molar-refractivity contribution in [3.63, 3.8) is 0 Å². The number of rotatable bonds is 1. The Bertz CT molecular complexity index is 614. The number of likely N-dealkylation sites (N-methyl/N-ethyl adjacent to an activating group) is 1. The van der Waals surface area contributed by atoms with Gasteiger partial charge in [-0.1, -0.05) is 12.1 Å². The number of benzene rings is 1. The fourth-order valence-corrected chi connectivity index (χ4v) is 2.54. The first-order chi connectivity index (χ1) is 9.16. The van der Waals surface area contributed by atoms with Gasteiger partial charge in [-0.2, -0.15) is 4.98 Å². The summed E-state index contributed by atoms with van der Waals surface area (Å²) in [7, 11) is 2.11. The molecule has 2 aromatic rings. The van der Waals surface area contributed by atoms with Crippen LogP contribution in [0.2, 0.25) is 5.28 Å². The van der Waals surface area contributed by atoms with Crippen molar-refractivity contribution in [2.45, 2.75) is 6.92 Å². The third-order valence-corrected chi connectivity index (χ3v) is 3.60. The SMILES string of the molecule is Cc1cnc(Cl)nc1N1CCN(C)c2ccccc21. The Hall–Kier alpha value is -1.81. The van der Waals surface area contributed by atoms with Gasteiger partial charge in [0.15, 0.2) is 0 Å². The Balaban J connectivity index is 2.12. The first-order valence-electron chi connectivity index (χ1n) is 6.23. The lowest BCUT2D eigenvalue weighted by Gasteiger charge is -2.36. The average molecular weight is 275 g/mol. The number of hydrogen-bond acceptors (Lipinski definition) is 4. The molecule has 1 aliphatic heterocycles. The number of anilines is 3. The highest BCUT2D eigenvalue weighted by molar-refractivity contribution is 6.28. The number of aryl methyl sites for hydroxylation is 1. The van der Waals surface area contributed by atoms with Crippen molar-refractivity contribution < 1.29 is 0 Å². The number of para-hydroxylation sites is 2. The van der Waals surface area contributed by atoms with E-state index < -0.39 is 0 Å². The zero-order chi connectivity index (χ0) is 13.4. The Morgan fingerprint density at radius 2 is 1.89 bits per heavy atom. The molecule has 0 saturated carbocycles. The van der Waals surface area contributed by atoms with Gasteiger partial charge < -0.3 is 9.80 Å². The van der Waals surface area contributed by atoms with E-state index in [0.717, 1.165) is 30.2 Å². The first-order valence-corrected chi connectivity index (χ1v) is 6.61. The summed E-state index contributed by atoms with van der Waals surface area (Å²) in [6, 6.07) is 8.34. The molecule has 1 aromatic carbocycles. The predicted octanol–water partition coefficient (Wildman–Crippen LogP) is 3.03. The monoisotopic (exact) mass is 274 g/mol. The summed E-state index contributed by atoms with van der Waals surface area (Å²) in [5, 5.41) is 0.289. The number of aromatic nitrogens is 2. The third-order valence-electron chi connectivity index (χ3n) is 3.41. The smallest absolute Gasteiger partial charge is 0.224 e. The molecule has 1 aromatic heterocycles. The molecule has 3 rings (SSSR count). The lowest BCUT2D eigenvalue weighted by Crippen LogP contribution is -2.37. The van der Waals surface area contributed by atoms with E-state index in [9.17, 15) is 0 Å². The molecule has 0 spiro atoms. The second-order valence-electron chi connectivity index (χ2n) is 4.71. The normalized spacial score (nSPS) is 14.5. The molecule has 0 atom stereocenters. The van der Waals surface area contributed by atoms with Crippen molar-refractivity contribution >= 4 is 28.8 Å². The summed E-state index contributed by atoms with van der Waals surface area (Å²) < 4.78 is 0. The van der Waals surface area contributed by atoms with E-state index in [1.54, 1.807) is 6.20 Å². The van der Waals surface area contributed by atoms with Crippen LogP contribution in [0.4, 0.5) is 17.2 Å². The maximum absolute atomic E-state index is 5.93. The Morgan fingerprint density at radius 1 is 1.16 bits per heavy atom. The molecule has 0 saturated heterocycles. The first kappa shape index (κ1) is 12.2. The van der Waals surface area contributed by atoms with Gasteiger partial charge in [-0.25, -0.2) is 4.98 Å². The van der Waals surface area contributed by atoms with Crippen LogP contribution in [0.3, 0.4) is 0 Å². The van der Waals surface area contributed by atoms with Gasteiger partial charge in [0.2, 0.25) is 5.28 Å². The number of halogens is 1. The topological polar surface area (TPSA) is 32.3 Å². The largest absolute Gasteiger partial charge is 0.371 e. The van der Waals surface area contributed by atoms with Crippen molar-refractivity contribution in [3.05, 3.63) is 41.3 Å². The number of fused-ring (bicyclic) bond motifs is 1. The standard InChI is InChI=1S/C14H15ClN4/c1-10-9-16-14(15)17-13(10)19-8-7-18(2)11-5-3-4-6-12(11)19/h3-6,9H,7-8H2,1-2H3. The molecule has 19 heavy (non-hydrogen) atoms. The van der Waals surface area contributed by atoms with Crippen molar-refractivity contribution in [3.8, 4) is 0 Å². The zero-order valence-electron chi connectivity index (χ0n) is 11.0. The highest BCUT2D eigenvalue weighted by Gasteiger charge is 2.23. The van der Waals surface area contributed by atoms with Gasteiger partial charge in [-0.3, -0.25) is 0 Å². The minimum atomic E-state index is 0.289. The summed E-state index contributed by atoms with van der Waals surface area (Å²) >= 11 is 5.93. The third kappa shape index (κ3) is 2.12. The second kappa shape index (κ2) is 4.70. The van der Waals surface area contributed by atoms with E-state index in [0.29, 0.717) is 0 Å². The van der Waals surface area contributed by atoms with Gasteiger partial charge in [0, 0.05) is 31.9 Å². The van der Waals surface area contributed by atoms with Crippen molar-refractivity contribution in [1.29, 1.82) is 0 Å². The highest BCUT2D eigenvalue weighted by atomic mass is 35.5. The minimum Gasteiger partial charge on any atom is -0.371 e. The van der Waals surface area contributed by atoms with Crippen LogP contribution in [0.15, 0.2) is 30.5 Å². The van der Waals surface area contributed by atoms with E-state index in [1.165, 1.54) is 5.69 Å². The predicted molar refractivity (Wildman–Crippen MR) is 78.5 cm³/mol. The molecular weight excluding hydrogens is 260 g/mol. The molecule has 0 fully saturated rings. The van der Waals surface area contributed by atoms with Crippen molar-refractivity contribution in [1.82, 2.24) is 9.97 Å². The quantitative estimate of drug-likeness (QED) is 0.748. The Kier molecular flexibility index (Phi) is 3.03. The van der Waals surface area contributed by atoms with Crippen LogP contribution in [0.1, 0.15) is 5.56 Å². The molecular formula is C14H15ClN4. The van der Waals surface area contributed by atoms with E-state index in [1.807, 2.05) is 13.0 Å². The molecule has 98 valence electrons. The average Bonchev–Trinajstić information content (AvgIpc) is 2.43. The van der Waals surface area contributed by atoms with Gasteiger partial charge >= 0.3 is 0 Å². The molecule has 0 aliphatic carbocycles. The maximum Gasteiger partial charge on any atom is 0.224 e. The van der Waals surface area contributed by atoms with E-state index in [-0.39, 0.29) is 5.28 Å². The minimum absolute atomic E-state index is 0.289. The molecule has 2 heterocycles. The lowest BCUT2D eigenvalue weighted by molar-refractivity contribution is 0.808. The van der Waals surface area contributed by atoms with Crippen LogP contribution in [-0.4, -0.2) is 30.1 Å². The molecule has 1 aliphatic rings. The van der Waals surface area contributed by atoms with Gasteiger partial charge in [-0.15, -0.1) is 0 Å². The van der Waals surface area contributed by atoms with E-state index in [2.05, 4.69) is 45.0 Å². The van der Waals surface area contributed by atoms with Gasteiger partial charge in [-0.05, 0) is 30.7 Å². The number of nitrogens with zero attached hydrogens (tertiary/aromatic N) is 4. The molecule has 0 bridgehead atoms. The zero-order valence-corrected chi connectivity index (χ0v) is 11.7. The Morgan fingerprint density at radius 3 is 2.68 bits per heavy atom. The Labute approximate surface area is 117 Å². The fraction of sp³-hybridized carbons (Fsp3) is 0.286. The van der Waals surface area contributed by atoms with Crippen LogP contribution in [0.25, 0.3) is 0 Å². The summed E-state index contributed by atoms with van der Waals surface area (Å²) in [6.45, 7) is 3.85. The molecule has 0 radical (unpaired) electrons. The van der Waals surface area contributed by atoms with Gasteiger partial charge in [0.1, 0.15) is 5.82 Å². The molecule has 0 amide bonds. The molecule has 5 heteroatoms. The lowest BCUT2D eigenvalue weighted by atomic mass is 10.1. The summed E-state index contributed by atoms with van der Waals surface area (Å²) in [6.07, 6.45) is 1.77. The van der Waals surface area contributed by atoms with Crippen LogP contribution in [0, 0.1) is 6.92 Å². The van der Waals surface area contributed by atoms with Crippen LogP contribution >= 0.6 is 11.6 Å². The van der Waals surface area contributed by atoms with Crippen LogP contribution in [0.5, 0.6) is 0 Å².